The van der Waals surface area contributed by atoms with E-state index in [0.717, 1.165) is 19.2 Å². The van der Waals surface area contributed by atoms with Gasteiger partial charge in [0.25, 0.3) is 0 Å². The van der Waals surface area contributed by atoms with Crippen molar-refractivity contribution in [2.45, 2.75) is 4.90 Å². The van der Waals surface area contributed by atoms with Gasteiger partial charge in [-0.05, 0) is 24.9 Å². The largest absolute Gasteiger partial charge is 0.493 e. The van der Waals surface area contributed by atoms with Crippen molar-refractivity contribution in [2.75, 3.05) is 40.4 Å². The van der Waals surface area contributed by atoms with Crippen molar-refractivity contribution in [3.8, 4) is 11.5 Å². The SMILES string of the molecule is COc1cc(F)c(S(=O)(=O)N2C[C@H]3CNC[C@H]3C2)cc1OC. The molecule has 0 saturated carbocycles. The number of nitrogens with zero attached hydrogens (tertiary/aromatic N) is 1. The van der Waals surface area contributed by atoms with Crippen LogP contribution in [0.3, 0.4) is 0 Å². The van der Waals surface area contributed by atoms with Gasteiger partial charge < -0.3 is 14.8 Å². The van der Waals surface area contributed by atoms with E-state index in [9.17, 15) is 12.8 Å². The van der Waals surface area contributed by atoms with Gasteiger partial charge in [-0.1, -0.05) is 0 Å². The molecule has 0 amide bonds. The molecule has 0 spiro atoms. The monoisotopic (exact) mass is 330 g/mol. The van der Waals surface area contributed by atoms with Crippen molar-refractivity contribution in [2.24, 2.45) is 11.8 Å². The molecule has 0 radical (unpaired) electrons. The van der Waals surface area contributed by atoms with Gasteiger partial charge >= 0.3 is 0 Å². The Bertz CT molecular complexity index is 668. The number of sulfonamides is 1. The topological polar surface area (TPSA) is 67.9 Å². The van der Waals surface area contributed by atoms with E-state index in [1.807, 2.05) is 0 Å². The maximum Gasteiger partial charge on any atom is 0.246 e. The van der Waals surface area contributed by atoms with Gasteiger partial charge in [-0.2, -0.15) is 4.31 Å². The second kappa shape index (κ2) is 5.68. The van der Waals surface area contributed by atoms with Crippen LogP contribution < -0.4 is 14.8 Å². The summed E-state index contributed by atoms with van der Waals surface area (Å²) in [5, 5.41) is 3.25. The number of halogens is 1. The van der Waals surface area contributed by atoms with Gasteiger partial charge in [0.1, 0.15) is 10.7 Å². The number of nitrogens with one attached hydrogen (secondary N) is 1. The highest BCUT2D eigenvalue weighted by Crippen LogP contribution is 2.36. The molecule has 2 atom stereocenters. The van der Waals surface area contributed by atoms with E-state index in [2.05, 4.69) is 5.32 Å². The van der Waals surface area contributed by atoms with Crippen LogP contribution in [-0.2, 0) is 10.0 Å². The third-order valence-electron chi connectivity index (χ3n) is 4.41. The summed E-state index contributed by atoms with van der Waals surface area (Å²) in [4.78, 5) is -0.363. The summed E-state index contributed by atoms with van der Waals surface area (Å²) in [6.07, 6.45) is 0. The van der Waals surface area contributed by atoms with E-state index < -0.39 is 15.8 Å². The van der Waals surface area contributed by atoms with Gasteiger partial charge in [0.05, 0.1) is 14.2 Å². The zero-order valence-electron chi connectivity index (χ0n) is 12.5. The number of hydrogen-bond donors (Lipinski definition) is 1. The van der Waals surface area contributed by atoms with E-state index in [1.54, 1.807) is 0 Å². The summed E-state index contributed by atoms with van der Waals surface area (Å²) in [6.45, 7) is 2.47. The zero-order chi connectivity index (χ0) is 15.9. The number of benzene rings is 1. The van der Waals surface area contributed by atoms with Crippen LogP contribution in [0, 0.1) is 17.7 Å². The minimum Gasteiger partial charge on any atom is -0.493 e. The Morgan fingerprint density at radius 2 is 1.68 bits per heavy atom. The number of fused-ring (bicyclic) bond motifs is 1. The lowest BCUT2D eigenvalue weighted by molar-refractivity contribution is 0.349. The summed E-state index contributed by atoms with van der Waals surface area (Å²) in [5.41, 5.74) is 0. The Labute approximate surface area is 129 Å². The first-order valence-corrected chi connectivity index (χ1v) is 8.53. The molecule has 1 N–H and O–H groups in total. The van der Waals surface area contributed by atoms with Crippen molar-refractivity contribution in [1.29, 1.82) is 0 Å². The number of methoxy groups -OCH3 is 2. The Balaban J connectivity index is 1.95. The molecule has 1 aromatic carbocycles. The van der Waals surface area contributed by atoms with Gasteiger partial charge in [-0.3, -0.25) is 0 Å². The van der Waals surface area contributed by atoms with E-state index >= 15 is 0 Å². The van der Waals surface area contributed by atoms with Crippen molar-refractivity contribution < 1.29 is 22.3 Å². The maximum atomic E-state index is 14.2. The van der Waals surface area contributed by atoms with Gasteiger partial charge in [0.2, 0.25) is 10.0 Å². The van der Waals surface area contributed by atoms with Crippen molar-refractivity contribution in [3.05, 3.63) is 17.9 Å². The van der Waals surface area contributed by atoms with Gasteiger partial charge in [0.15, 0.2) is 11.5 Å². The molecular weight excluding hydrogens is 311 g/mol. The predicted molar refractivity (Wildman–Crippen MR) is 78.1 cm³/mol. The van der Waals surface area contributed by atoms with Crippen molar-refractivity contribution >= 4 is 10.0 Å². The van der Waals surface area contributed by atoms with Crippen molar-refractivity contribution in [1.82, 2.24) is 9.62 Å². The molecule has 8 heteroatoms. The first-order valence-electron chi connectivity index (χ1n) is 7.09. The molecule has 2 heterocycles. The molecule has 1 aromatic rings. The minimum atomic E-state index is -3.87. The quantitative estimate of drug-likeness (QED) is 0.879. The molecule has 2 fully saturated rings. The summed E-state index contributed by atoms with van der Waals surface area (Å²) < 4.78 is 51.1. The molecule has 2 aliphatic rings. The molecule has 6 nitrogen and oxygen atoms in total. The highest BCUT2D eigenvalue weighted by molar-refractivity contribution is 7.89. The standard InChI is InChI=1S/C14H19FN2O4S/c1-20-12-3-11(15)14(4-13(12)21-2)22(18,19)17-7-9-5-16-6-10(9)8-17/h3-4,9-10,16H,5-8H2,1-2H3/t9-,10+. The summed E-state index contributed by atoms with van der Waals surface area (Å²) >= 11 is 0. The normalized spacial score (nSPS) is 25.2. The average Bonchev–Trinajstić information content (AvgIpc) is 3.08. The molecule has 22 heavy (non-hydrogen) atoms. The third kappa shape index (κ3) is 2.45. The van der Waals surface area contributed by atoms with Crippen LogP contribution in [0.1, 0.15) is 0 Å². The van der Waals surface area contributed by atoms with Gasteiger partial charge in [-0.25, -0.2) is 12.8 Å². The highest BCUT2D eigenvalue weighted by Gasteiger charge is 2.42. The maximum absolute atomic E-state index is 14.2. The zero-order valence-corrected chi connectivity index (χ0v) is 13.3. The third-order valence-corrected chi connectivity index (χ3v) is 6.26. The van der Waals surface area contributed by atoms with E-state index in [4.69, 9.17) is 9.47 Å². The van der Waals surface area contributed by atoms with Crippen LogP contribution >= 0.6 is 0 Å². The number of hydrogen-bond acceptors (Lipinski definition) is 5. The number of ether oxygens (including phenoxy) is 2. The fraction of sp³-hybridized carbons (Fsp3) is 0.571. The molecule has 0 bridgehead atoms. The minimum absolute atomic E-state index is 0.168. The van der Waals surface area contributed by atoms with Crippen LogP contribution in [0.4, 0.5) is 4.39 Å². The van der Waals surface area contributed by atoms with E-state index in [-0.39, 0.29) is 16.4 Å². The summed E-state index contributed by atoms with van der Waals surface area (Å²) in [6, 6.07) is 2.24. The van der Waals surface area contributed by atoms with Crippen LogP contribution in [0.2, 0.25) is 0 Å². The van der Waals surface area contributed by atoms with Crippen molar-refractivity contribution in [3.63, 3.8) is 0 Å². The first-order chi connectivity index (χ1) is 10.5. The van der Waals surface area contributed by atoms with Crippen LogP contribution in [0.25, 0.3) is 0 Å². The second-order valence-corrected chi connectivity index (χ2v) is 7.54. The lowest BCUT2D eigenvalue weighted by Gasteiger charge is -2.19. The molecular formula is C14H19FN2O4S. The molecule has 0 aliphatic carbocycles. The molecule has 2 saturated heterocycles. The molecule has 122 valence electrons. The Kier molecular flexibility index (Phi) is 4.00. The predicted octanol–water partition coefficient (Wildman–Crippen LogP) is 0.683. The first kappa shape index (κ1) is 15.5. The summed E-state index contributed by atoms with van der Waals surface area (Å²) in [5.74, 6) is 0.147. The second-order valence-electron chi connectivity index (χ2n) is 5.64. The van der Waals surface area contributed by atoms with E-state index in [1.165, 1.54) is 24.6 Å². The number of rotatable bonds is 4. The Hall–Kier alpha value is -1.38. The Morgan fingerprint density at radius 3 is 2.23 bits per heavy atom. The molecule has 0 unspecified atom stereocenters. The summed E-state index contributed by atoms with van der Waals surface area (Å²) in [7, 11) is -1.11. The fourth-order valence-electron chi connectivity index (χ4n) is 3.18. The Morgan fingerprint density at radius 1 is 1.14 bits per heavy atom. The van der Waals surface area contributed by atoms with Gasteiger partial charge in [0, 0.05) is 25.2 Å². The average molecular weight is 330 g/mol. The fourth-order valence-corrected chi connectivity index (χ4v) is 4.80. The van der Waals surface area contributed by atoms with Crippen LogP contribution in [0.15, 0.2) is 17.0 Å². The molecule has 2 aliphatic heterocycles. The van der Waals surface area contributed by atoms with Crippen LogP contribution in [-0.4, -0.2) is 53.1 Å². The van der Waals surface area contributed by atoms with Crippen LogP contribution in [0.5, 0.6) is 11.5 Å². The van der Waals surface area contributed by atoms with Gasteiger partial charge in [-0.15, -0.1) is 0 Å². The lowest BCUT2D eigenvalue weighted by atomic mass is 10.0. The smallest absolute Gasteiger partial charge is 0.246 e. The molecule has 3 rings (SSSR count). The van der Waals surface area contributed by atoms with E-state index in [0.29, 0.717) is 24.9 Å². The molecule has 0 aromatic heterocycles. The lowest BCUT2D eigenvalue weighted by Crippen LogP contribution is -2.32. The highest BCUT2D eigenvalue weighted by atomic mass is 32.2.